The van der Waals surface area contributed by atoms with Crippen molar-refractivity contribution in [2.45, 2.75) is 19.9 Å². The van der Waals surface area contributed by atoms with E-state index in [1.807, 2.05) is 6.92 Å². The van der Waals surface area contributed by atoms with Crippen LogP contribution in [0.4, 0.5) is 5.82 Å². The summed E-state index contributed by atoms with van der Waals surface area (Å²) in [6, 6.07) is 4.14. The highest BCUT2D eigenvalue weighted by Gasteiger charge is 2.45. The number of carbonyl (C=O) groups excluding carboxylic acids is 1. The molecular weight excluding hydrogens is 294 g/mol. The van der Waals surface area contributed by atoms with Crippen LogP contribution in [0.1, 0.15) is 28.2 Å². The number of aromatic nitrogens is 4. The lowest BCUT2D eigenvalue weighted by Gasteiger charge is -2.20. The van der Waals surface area contributed by atoms with Crippen LogP contribution in [0.5, 0.6) is 0 Å². The Labute approximate surface area is 134 Å². The Morgan fingerprint density at radius 2 is 2.13 bits per heavy atom. The van der Waals surface area contributed by atoms with Crippen LogP contribution in [0.15, 0.2) is 18.3 Å². The second-order valence-electron chi connectivity index (χ2n) is 6.33. The van der Waals surface area contributed by atoms with Crippen molar-refractivity contribution < 1.29 is 9.53 Å². The Balaban J connectivity index is 1.48. The van der Waals surface area contributed by atoms with Gasteiger partial charge in [-0.25, -0.2) is 9.78 Å². The van der Waals surface area contributed by atoms with Gasteiger partial charge in [0.25, 0.3) is 0 Å². The topological polar surface area (TPSA) is 73.1 Å². The second-order valence-corrected chi connectivity index (χ2v) is 6.33. The van der Waals surface area contributed by atoms with E-state index in [1.54, 1.807) is 0 Å². The molecule has 7 nitrogen and oxygen atoms in total. The van der Waals surface area contributed by atoms with Gasteiger partial charge in [-0.3, -0.25) is 0 Å². The van der Waals surface area contributed by atoms with E-state index < -0.39 is 5.97 Å². The van der Waals surface area contributed by atoms with Gasteiger partial charge in [-0.2, -0.15) is 9.90 Å². The first-order valence-corrected chi connectivity index (χ1v) is 7.84. The molecule has 7 heteroatoms. The van der Waals surface area contributed by atoms with E-state index in [0.29, 0.717) is 6.54 Å². The number of anilines is 1. The smallest absolute Gasteiger partial charge is 0.360 e. The van der Waals surface area contributed by atoms with Crippen LogP contribution in [0.25, 0.3) is 0 Å². The van der Waals surface area contributed by atoms with Crippen molar-refractivity contribution in [3.63, 3.8) is 0 Å². The molecule has 2 aromatic rings. The zero-order chi connectivity index (χ0) is 16.0. The van der Waals surface area contributed by atoms with E-state index >= 15 is 0 Å². The molecule has 0 aromatic carbocycles. The molecule has 1 saturated heterocycles. The molecule has 0 spiro atoms. The Kier molecular flexibility index (Phi) is 3.28. The molecule has 2 aliphatic rings. The number of hydrogen-bond acceptors (Lipinski definition) is 6. The zero-order valence-electron chi connectivity index (χ0n) is 13.3. The Morgan fingerprint density at radius 3 is 2.83 bits per heavy atom. The van der Waals surface area contributed by atoms with E-state index in [4.69, 9.17) is 4.98 Å². The standard InChI is InChI=1S/C16H19N5O2/c1-10-11(9-21-17-6-14(19-21)16(22)23-2)3-4-15(18-10)20-7-12-5-13(12)8-20/h3-4,6,12-13H,5,7-9H2,1-2H3. The molecule has 120 valence electrons. The maximum absolute atomic E-state index is 11.4. The van der Waals surface area contributed by atoms with Gasteiger partial charge in [0.2, 0.25) is 0 Å². The Morgan fingerprint density at radius 1 is 1.35 bits per heavy atom. The number of rotatable bonds is 4. The summed E-state index contributed by atoms with van der Waals surface area (Å²) < 4.78 is 4.64. The number of fused-ring (bicyclic) bond motifs is 1. The van der Waals surface area contributed by atoms with E-state index in [-0.39, 0.29) is 5.69 Å². The van der Waals surface area contributed by atoms with Crippen molar-refractivity contribution in [3.05, 3.63) is 35.3 Å². The summed E-state index contributed by atoms with van der Waals surface area (Å²) in [6.07, 6.45) is 2.81. The maximum Gasteiger partial charge on any atom is 0.360 e. The van der Waals surface area contributed by atoms with E-state index in [0.717, 1.165) is 42.0 Å². The van der Waals surface area contributed by atoms with E-state index in [2.05, 4.69) is 32.0 Å². The van der Waals surface area contributed by atoms with Gasteiger partial charge in [-0.15, -0.1) is 5.10 Å². The molecule has 2 unspecified atom stereocenters. The fourth-order valence-electron chi connectivity index (χ4n) is 3.23. The van der Waals surface area contributed by atoms with Crippen molar-refractivity contribution in [3.8, 4) is 0 Å². The van der Waals surface area contributed by atoms with Crippen molar-refractivity contribution in [1.82, 2.24) is 20.0 Å². The molecule has 0 bridgehead atoms. The lowest BCUT2D eigenvalue weighted by Crippen LogP contribution is -2.23. The lowest BCUT2D eigenvalue weighted by molar-refractivity contribution is 0.0593. The van der Waals surface area contributed by atoms with Crippen LogP contribution >= 0.6 is 0 Å². The summed E-state index contributed by atoms with van der Waals surface area (Å²) in [7, 11) is 1.33. The molecule has 2 atom stereocenters. The van der Waals surface area contributed by atoms with Crippen LogP contribution in [0.3, 0.4) is 0 Å². The van der Waals surface area contributed by atoms with Crippen LogP contribution in [0, 0.1) is 18.8 Å². The number of methoxy groups -OCH3 is 1. The molecule has 1 aliphatic heterocycles. The lowest BCUT2D eigenvalue weighted by atomic mass is 10.2. The predicted molar refractivity (Wildman–Crippen MR) is 83.2 cm³/mol. The number of nitrogens with zero attached hydrogens (tertiary/aromatic N) is 5. The zero-order valence-corrected chi connectivity index (χ0v) is 13.3. The van der Waals surface area contributed by atoms with Crippen LogP contribution in [0.2, 0.25) is 0 Å². The summed E-state index contributed by atoms with van der Waals surface area (Å²) in [4.78, 5) is 20.0. The van der Waals surface area contributed by atoms with Gasteiger partial charge in [0, 0.05) is 18.8 Å². The molecule has 3 heterocycles. The highest BCUT2D eigenvalue weighted by Crippen LogP contribution is 2.45. The van der Waals surface area contributed by atoms with Gasteiger partial charge >= 0.3 is 5.97 Å². The molecule has 0 N–H and O–H groups in total. The largest absolute Gasteiger partial charge is 0.464 e. The summed E-state index contributed by atoms with van der Waals surface area (Å²) in [5, 5.41) is 8.23. The summed E-state index contributed by atoms with van der Waals surface area (Å²) in [6.45, 7) is 4.76. The molecule has 0 amide bonds. The number of pyridine rings is 1. The number of piperidine rings is 1. The molecule has 1 saturated carbocycles. The number of carbonyl (C=O) groups is 1. The number of hydrogen-bond donors (Lipinski definition) is 0. The maximum atomic E-state index is 11.4. The van der Waals surface area contributed by atoms with Crippen molar-refractivity contribution in [2.24, 2.45) is 11.8 Å². The molecule has 2 fully saturated rings. The monoisotopic (exact) mass is 313 g/mol. The average Bonchev–Trinajstić information content (AvgIpc) is 2.98. The van der Waals surface area contributed by atoms with Gasteiger partial charge in [0.15, 0.2) is 5.69 Å². The summed E-state index contributed by atoms with van der Waals surface area (Å²) in [5.41, 5.74) is 2.23. The quantitative estimate of drug-likeness (QED) is 0.792. The SMILES string of the molecule is COC(=O)c1cnn(Cc2ccc(N3CC4CC4C3)nc2C)n1. The molecule has 0 radical (unpaired) electrons. The third kappa shape index (κ3) is 2.67. The second kappa shape index (κ2) is 5.33. The first-order chi connectivity index (χ1) is 11.1. The number of ether oxygens (including phenoxy) is 1. The number of esters is 1. The fraction of sp³-hybridized carbons (Fsp3) is 0.500. The van der Waals surface area contributed by atoms with Crippen LogP contribution in [-0.4, -0.2) is 46.1 Å². The fourth-order valence-corrected chi connectivity index (χ4v) is 3.23. The first-order valence-electron chi connectivity index (χ1n) is 7.84. The summed E-state index contributed by atoms with van der Waals surface area (Å²) >= 11 is 0. The third-order valence-corrected chi connectivity index (χ3v) is 4.73. The predicted octanol–water partition coefficient (Wildman–Crippen LogP) is 1.27. The van der Waals surface area contributed by atoms with Crippen LogP contribution < -0.4 is 4.90 Å². The Hall–Kier alpha value is -2.44. The Bertz CT molecular complexity index is 747. The van der Waals surface area contributed by atoms with Crippen molar-refractivity contribution >= 4 is 11.8 Å². The van der Waals surface area contributed by atoms with Crippen molar-refractivity contribution in [2.75, 3.05) is 25.1 Å². The van der Waals surface area contributed by atoms with Gasteiger partial charge in [0.1, 0.15) is 5.82 Å². The highest BCUT2D eigenvalue weighted by molar-refractivity contribution is 5.86. The molecule has 4 rings (SSSR count). The molecular formula is C16H19N5O2. The molecule has 2 aromatic heterocycles. The molecule has 1 aliphatic carbocycles. The number of aryl methyl sites for hydroxylation is 1. The normalized spacial score (nSPS) is 22.1. The van der Waals surface area contributed by atoms with E-state index in [9.17, 15) is 4.79 Å². The van der Waals surface area contributed by atoms with Gasteiger partial charge < -0.3 is 9.64 Å². The minimum Gasteiger partial charge on any atom is -0.464 e. The van der Waals surface area contributed by atoms with Crippen molar-refractivity contribution in [1.29, 1.82) is 0 Å². The molecule has 23 heavy (non-hydrogen) atoms. The highest BCUT2D eigenvalue weighted by atomic mass is 16.5. The van der Waals surface area contributed by atoms with Gasteiger partial charge in [0.05, 0.1) is 19.9 Å². The minimum absolute atomic E-state index is 0.214. The van der Waals surface area contributed by atoms with Crippen LogP contribution in [-0.2, 0) is 11.3 Å². The van der Waals surface area contributed by atoms with Gasteiger partial charge in [-0.05, 0) is 36.8 Å². The summed E-state index contributed by atoms with van der Waals surface area (Å²) in [5.74, 6) is 2.36. The minimum atomic E-state index is -0.478. The first kappa shape index (κ1) is 14.2. The van der Waals surface area contributed by atoms with Gasteiger partial charge in [-0.1, -0.05) is 6.07 Å². The average molecular weight is 313 g/mol. The van der Waals surface area contributed by atoms with E-state index in [1.165, 1.54) is 24.5 Å². The third-order valence-electron chi connectivity index (χ3n) is 4.73.